The molecule has 12 heteroatoms. The van der Waals surface area contributed by atoms with Crippen molar-refractivity contribution in [1.29, 1.82) is 0 Å². The number of aromatic amines is 1. The summed E-state index contributed by atoms with van der Waals surface area (Å²) in [5.74, 6) is -0.156. The van der Waals surface area contributed by atoms with Gasteiger partial charge in [-0.2, -0.15) is 13.2 Å². The number of H-pyrrole nitrogens is 1. The first-order valence-corrected chi connectivity index (χ1v) is 9.97. The van der Waals surface area contributed by atoms with Gasteiger partial charge in [-0.3, -0.25) is 0 Å². The highest BCUT2D eigenvalue weighted by Gasteiger charge is 2.44. The standard InChI is InChI=1S/C20H15F5N4O2S/c1-10-15(7-16-11(2)30-20(24,25)31-16)29-18(27-10)26-8-14-9-32-17(28-14)12-3-5-13(6-4-12)19(21,22)23/h3-7,9H,2,8H2,1H3,(H2,26,27,29)/b16-7+. The Morgan fingerprint density at radius 1 is 1.19 bits per heavy atom. The molecule has 168 valence electrons. The molecule has 0 amide bonds. The molecule has 1 aliphatic heterocycles. The number of aromatic nitrogens is 3. The first-order chi connectivity index (χ1) is 15.0. The van der Waals surface area contributed by atoms with E-state index in [9.17, 15) is 22.0 Å². The van der Waals surface area contributed by atoms with E-state index in [1.807, 2.05) is 0 Å². The average molecular weight is 470 g/mol. The minimum Gasteiger partial charge on any atom is -0.396 e. The van der Waals surface area contributed by atoms with Crippen molar-refractivity contribution in [3.05, 3.63) is 70.4 Å². The fourth-order valence-electron chi connectivity index (χ4n) is 2.83. The minimum absolute atomic E-state index is 0.225. The predicted octanol–water partition coefficient (Wildman–Crippen LogP) is 5.92. The van der Waals surface area contributed by atoms with E-state index in [0.717, 1.165) is 12.1 Å². The summed E-state index contributed by atoms with van der Waals surface area (Å²) in [5.41, 5.74) is 1.46. The summed E-state index contributed by atoms with van der Waals surface area (Å²) in [7, 11) is 0. The van der Waals surface area contributed by atoms with Gasteiger partial charge in [-0.05, 0) is 19.1 Å². The van der Waals surface area contributed by atoms with E-state index in [0.29, 0.717) is 33.6 Å². The normalized spacial score (nSPS) is 16.8. The summed E-state index contributed by atoms with van der Waals surface area (Å²) >= 11 is 1.30. The molecule has 3 heterocycles. The Balaban J connectivity index is 1.42. The SMILES string of the molecule is C=C1OC(F)(F)O/C1=C/c1nc(NCc2csc(-c3ccc(C(F)(F)F)cc3)n2)[nH]c1C. The Morgan fingerprint density at radius 3 is 2.53 bits per heavy atom. The number of nitrogens with zero attached hydrogens (tertiary/aromatic N) is 2. The number of anilines is 1. The van der Waals surface area contributed by atoms with Crippen LogP contribution in [0.15, 0.2) is 47.7 Å². The summed E-state index contributed by atoms with van der Waals surface area (Å²) in [6, 6.07) is 4.78. The van der Waals surface area contributed by atoms with Gasteiger partial charge in [0.25, 0.3) is 0 Å². The lowest BCUT2D eigenvalue weighted by atomic mass is 10.1. The highest BCUT2D eigenvalue weighted by atomic mass is 32.1. The Morgan fingerprint density at radius 2 is 1.91 bits per heavy atom. The molecule has 4 rings (SSSR count). The van der Waals surface area contributed by atoms with Crippen LogP contribution in [0.3, 0.4) is 0 Å². The molecule has 0 bridgehead atoms. The Labute approximate surface area is 182 Å². The molecule has 0 spiro atoms. The van der Waals surface area contributed by atoms with Crippen LogP contribution >= 0.6 is 11.3 Å². The van der Waals surface area contributed by atoms with Crippen molar-refractivity contribution >= 4 is 23.4 Å². The van der Waals surface area contributed by atoms with Crippen LogP contribution in [0, 0.1) is 6.92 Å². The van der Waals surface area contributed by atoms with Crippen molar-refractivity contribution < 1.29 is 31.4 Å². The van der Waals surface area contributed by atoms with Crippen LogP contribution in [0.5, 0.6) is 0 Å². The van der Waals surface area contributed by atoms with Gasteiger partial charge >= 0.3 is 12.5 Å². The molecule has 2 N–H and O–H groups in total. The lowest BCUT2D eigenvalue weighted by Gasteiger charge is -2.06. The highest BCUT2D eigenvalue weighted by molar-refractivity contribution is 7.13. The van der Waals surface area contributed by atoms with E-state index in [-0.39, 0.29) is 18.1 Å². The summed E-state index contributed by atoms with van der Waals surface area (Å²) < 4.78 is 72.9. The van der Waals surface area contributed by atoms with Crippen molar-refractivity contribution in [2.24, 2.45) is 0 Å². The van der Waals surface area contributed by atoms with E-state index in [1.54, 1.807) is 12.3 Å². The van der Waals surface area contributed by atoms with Gasteiger partial charge < -0.3 is 19.8 Å². The molecule has 1 aromatic carbocycles. The third-order valence-corrected chi connectivity index (χ3v) is 5.32. The second kappa shape index (κ2) is 7.93. The first-order valence-electron chi connectivity index (χ1n) is 9.09. The van der Waals surface area contributed by atoms with Gasteiger partial charge in [-0.15, -0.1) is 20.1 Å². The second-order valence-corrected chi connectivity index (χ2v) is 7.63. The van der Waals surface area contributed by atoms with Crippen LogP contribution in [0.2, 0.25) is 0 Å². The van der Waals surface area contributed by atoms with Crippen molar-refractivity contribution in [3.63, 3.8) is 0 Å². The highest BCUT2D eigenvalue weighted by Crippen LogP contribution is 2.37. The molecule has 6 nitrogen and oxygen atoms in total. The van der Waals surface area contributed by atoms with E-state index >= 15 is 0 Å². The topological polar surface area (TPSA) is 72.1 Å². The maximum Gasteiger partial charge on any atom is 0.586 e. The largest absolute Gasteiger partial charge is 0.586 e. The number of halogens is 5. The van der Waals surface area contributed by atoms with Gasteiger partial charge in [0.15, 0.2) is 11.5 Å². The van der Waals surface area contributed by atoms with E-state index in [2.05, 4.69) is 36.3 Å². The number of benzene rings is 1. The molecule has 1 fully saturated rings. The zero-order valence-corrected chi connectivity index (χ0v) is 17.2. The quantitative estimate of drug-likeness (QED) is 0.453. The molecule has 0 unspecified atom stereocenters. The predicted molar refractivity (Wildman–Crippen MR) is 107 cm³/mol. The minimum atomic E-state index is -4.39. The Bertz CT molecular complexity index is 1180. The third-order valence-electron chi connectivity index (χ3n) is 4.38. The Kier molecular flexibility index (Phi) is 5.41. The number of aryl methyl sites for hydroxylation is 1. The van der Waals surface area contributed by atoms with Gasteiger partial charge in [-0.1, -0.05) is 18.7 Å². The maximum absolute atomic E-state index is 13.1. The molecular weight excluding hydrogens is 455 g/mol. The van der Waals surface area contributed by atoms with Crippen molar-refractivity contribution in [2.75, 3.05) is 5.32 Å². The summed E-state index contributed by atoms with van der Waals surface area (Å²) in [5, 5.41) is 5.38. The molecule has 32 heavy (non-hydrogen) atoms. The van der Waals surface area contributed by atoms with Crippen molar-refractivity contribution in [2.45, 2.75) is 25.9 Å². The lowest BCUT2D eigenvalue weighted by Crippen LogP contribution is -2.14. The third kappa shape index (κ3) is 4.74. The molecule has 0 aliphatic carbocycles. The smallest absolute Gasteiger partial charge is 0.396 e. The zero-order valence-electron chi connectivity index (χ0n) is 16.4. The lowest BCUT2D eigenvalue weighted by molar-refractivity contribution is -0.326. The maximum atomic E-state index is 13.1. The van der Waals surface area contributed by atoms with Crippen LogP contribution < -0.4 is 5.32 Å². The number of rotatable bonds is 5. The van der Waals surface area contributed by atoms with Crippen molar-refractivity contribution in [1.82, 2.24) is 15.0 Å². The average Bonchev–Trinajstić information content (AvgIpc) is 3.38. The summed E-state index contributed by atoms with van der Waals surface area (Å²) in [6.07, 6.45) is -6.87. The van der Waals surface area contributed by atoms with Crippen LogP contribution in [0.1, 0.15) is 22.6 Å². The fourth-order valence-corrected chi connectivity index (χ4v) is 3.65. The number of nitrogens with one attached hydrogen (secondary N) is 2. The van der Waals surface area contributed by atoms with Gasteiger partial charge in [0, 0.05) is 22.7 Å². The first kappa shape index (κ1) is 21.8. The molecule has 3 aromatic rings. The molecule has 0 radical (unpaired) electrons. The molecule has 1 aliphatic rings. The Hall–Kier alpha value is -3.41. The number of alkyl halides is 5. The molecular formula is C20H15F5N4O2S. The number of hydrogen-bond donors (Lipinski definition) is 2. The van der Waals surface area contributed by atoms with Crippen LogP contribution in [0.25, 0.3) is 16.6 Å². The van der Waals surface area contributed by atoms with E-state index in [4.69, 9.17) is 0 Å². The zero-order chi connectivity index (χ0) is 23.1. The van der Waals surface area contributed by atoms with Crippen LogP contribution in [-0.2, 0) is 22.2 Å². The van der Waals surface area contributed by atoms with Crippen LogP contribution in [-0.4, -0.2) is 21.2 Å². The summed E-state index contributed by atoms with van der Waals surface area (Å²) in [6.45, 7) is 5.36. The molecule has 0 atom stereocenters. The van der Waals surface area contributed by atoms with Crippen LogP contribution in [0.4, 0.5) is 27.9 Å². The molecule has 2 aromatic heterocycles. The van der Waals surface area contributed by atoms with Gasteiger partial charge in [0.05, 0.1) is 23.5 Å². The summed E-state index contributed by atoms with van der Waals surface area (Å²) in [4.78, 5) is 11.7. The number of ether oxygens (including phenoxy) is 2. The molecule has 0 saturated carbocycles. The monoisotopic (exact) mass is 470 g/mol. The number of imidazole rings is 1. The fraction of sp³-hybridized carbons (Fsp3) is 0.200. The van der Waals surface area contributed by atoms with E-state index in [1.165, 1.54) is 29.5 Å². The van der Waals surface area contributed by atoms with Gasteiger partial charge in [-0.25, -0.2) is 9.97 Å². The number of hydrogen-bond acceptors (Lipinski definition) is 6. The number of thiazole rings is 1. The second-order valence-electron chi connectivity index (χ2n) is 6.77. The van der Waals surface area contributed by atoms with E-state index < -0.39 is 18.0 Å². The van der Waals surface area contributed by atoms with Gasteiger partial charge in [0.2, 0.25) is 5.95 Å². The van der Waals surface area contributed by atoms with Gasteiger partial charge in [0.1, 0.15) is 5.01 Å². The van der Waals surface area contributed by atoms with Crippen molar-refractivity contribution in [3.8, 4) is 10.6 Å². The molecule has 1 saturated heterocycles.